The fraction of sp³-hybridized carbons (Fsp3) is 0.500. The maximum atomic E-state index is 13.3. The molecule has 0 aliphatic rings. The van der Waals surface area contributed by atoms with Gasteiger partial charge in [0.1, 0.15) is 17.5 Å². The van der Waals surface area contributed by atoms with Gasteiger partial charge in [-0.25, -0.2) is 9.48 Å². The summed E-state index contributed by atoms with van der Waals surface area (Å²) in [5.41, 5.74) is 6.66. The van der Waals surface area contributed by atoms with Crippen LogP contribution in [-0.2, 0) is 16.0 Å². The topological polar surface area (TPSA) is 106 Å². The van der Waals surface area contributed by atoms with Crippen molar-refractivity contribution in [2.75, 3.05) is 24.4 Å². The molecule has 1 aromatic heterocycles. The molecule has 1 aromatic carbocycles. The minimum Gasteiger partial charge on any atom is -0.443 e. The molecular weight excluding hydrogens is 382 g/mol. The average Bonchev–Trinajstić information content (AvgIpc) is 2.95. The van der Waals surface area contributed by atoms with Gasteiger partial charge in [-0.1, -0.05) is 18.2 Å². The van der Waals surface area contributed by atoms with Crippen LogP contribution in [0.25, 0.3) is 11.1 Å². The first-order valence-electron chi connectivity index (χ1n) is 9.78. The van der Waals surface area contributed by atoms with E-state index in [1.54, 1.807) is 17.9 Å². The number of benzene rings is 1. The third-order valence-corrected chi connectivity index (χ3v) is 4.23. The van der Waals surface area contributed by atoms with Gasteiger partial charge in [-0.3, -0.25) is 4.90 Å². The lowest BCUT2D eigenvalue weighted by atomic mass is 10.0. The molecule has 30 heavy (non-hydrogen) atoms. The van der Waals surface area contributed by atoms with E-state index in [0.717, 1.165) is 0 Å². The molecule has 2 aromatic rings. The van der Waals surface area contributed by atoms with Gasteiger partial charge in [-0.15, -0.1) is 0 Å². The van der Waals surface area contributed by atoms with Crippen molar-refractivity contribution < 1.29 is 14.3 Å². The molecule has 2 N–H and O–H groups in total. The number of methoxy groups -OCH3 is 1. The molecule has 1 heterocycles. The number of amides is 1. The second-order valence-electron chi connectivity index (χ2n) is 8.95. The van der Waals surface area contributed by atoms with E-state index < -0.39 is 17.2 Å². The number of nitrogens with zero attached hydrogens (tertiary/aromatic N) is 4. The van der Waals surface area contributed by atoms with Crippen LogP contribution in [0.1, 0.15) is 47.2 Å². The lowest BCUT2D eigenvalue weighted by molar-refractivity contribution is 0.0546. The maximum absolute atomic E-state index is 13.3. The predicted molar refractivity (Wildman–Crippen MR) is 117 cm³/mol. The van der Waals surface area contributed by atoms with Gasteiger partial charge in [0, 0.05) is 23.9 Å². The first-order valence-corrected chi connectivity index (χ1v) is 9.78. The summed E-state index contributed by atoms with van der Waals surface area (Å²) in [5.74, 6) is 0.447. The molecule has 0 atom stereocenters. The number of nitrogen functional groups attached to an aromatic ring is 1. The first kappa shape index (κ1) is 23.2. The third-order valence-electron chi connectivity index (χ3n) is 4.23. The van der Waals surface area contributed by atoms with E-state index in [1.165, 1.54) is 4.90 Å². The summed E-state index contributed by atoms with van der Waals surface area (Å²) in [4.78, 5) is 14.8. The van der Waals surface area contributed by atoms with Gasteiger partial charge in [-0.2, -0.15) is 10.4 Å². The van der Waals surface area contributed by atoms with E-state index in [0.29, 0.717) is 35.8 Å². The second-order valence-corrected chi connectivity index (χ2v) is 8.95. The summed E-state index contributed by atoms with van der Waals surface area (Å²) in [6.07, 6.45) is -0.534. The number of hydrogen-bond acceptors (Lipinski definition) is 6. The molecule has 0 saturated carbocycles. The standard InChI is InChI=1S/C22H31N5O3/c1-21(2,3)27(20(28)30-22(4,5)6)19-18(15-10-8-9-11-16(15)24)17(14-23)25-26(19)12-13-29-7/h8-11H,12-13,24H2,1-7H3. The Morgan fingerprint density at radius 3 is 2.37 bits per heavy atom. The zero-order chi connectivity index (χ0) is 22.7. The highest BCUT2D eigenvalue weighted by Crippen LogP contribution is 2.40. The molecule has 0 unspecified atom stereocenters. The van der Waals surface area contributed by atoms with Crippen LogP contribution in [0.15, 0.2) is 24.3 Å². The van der Waals surface area contributed by atoms with Crippen LogP contribution in [-0.4, -0.2) is 40.7 Å². The highest BCUT2D eigenvalue weighted by molar-refractivity contribution is 5.97. The van der Waals surface area contributed by atoms with Gasteiger partial charge >= 0.3 is 6.09 Å². The lowest BCUT2D eigenvalue weighted by Crippen LogP contribution is -2.49. The van der Waals surface area contributed by atoms with Crippen LogP contribution in [0.2, 0.25) is 0 Å². The Morgan fingerprint density at radius 1 is 1.23 bits per heavy atom. The number of anilines is 2. The highest BCUT2D eigenvalue weighted by Gasteiger charge is 2.38. The summed E-state index contributed by atoms with van der Waals surface area (Å²) < 4.78 is 12.5. The molecule has 0 radical (unpaired) electrons. The normalized spacial score (nSPS) is 11.8. The van der Waals surface area contributed by atoms with Gasteiger partial charge in [0.15, 0.2) is 5.69 Å². The average molecular weight is 414 g/mol. The van der Waals surface area contributed by atoms with Crippen molar-refractivity contribution >= 4 is 17.6 Å². The molecule has 8 nitrogen and oxygen atoms in total. The molecular formula is C22H31N5O3. The van der Waals surface area contributed by atoms with Crippen LogP contribution >= 0.6 is 0 Å². The predicted octanol–water partition coefficient (Wildman–Crippen LogP) is 4.19. The fourth-order valence-electron chi connectivity index (χ4n) is 3.05. The summed E-state index contributed by atoms with van der Waals surface area (Å²) in [5, 5.41) is 14.3. The van der Waals surface area contributed by atoms with Gasteiger partial charge in [0.2, 0.25) is 0 Å². The lowest BCUT2D eigenvalue weighted by Gasteiger charge is -2.37. The maximum Gasteiger partial charge on any atom is 0.416 e. The quantitative estimate of drug-likeness (QED) is 0.737. The van der Waals surface area contributed by atoms with Gasteiger partial charge < -0.3 is 15.2 Å². The number of hydrogen-bond donors (Lipinski definition) is 1. The van der Waals surface area contributed by atoms with Crippen LogP contribution in [0.5, 0.6) is 0 Å². The Balaban J connectivity index is 2.84. The Kier molecular flexibility index (Phi) is 6.78. The molecule has 0 bridgehead atoms. The van der Waals surface area contributed by atoms with Crippen molar-refractivity contribution in [1.29, 1.82) is 5.26 Å². The Bertz CT molecular complexity index is 945. The summed E-state index contributed by atoms with van der Waals surface area (Å²) >= 11 is 0. The van der Waals surface area contributed by atoms with Crippen molar-refractivity contribution in [3.63, 3.8) is 0 Å². The first-order chi connectivity index (χ1) is 13.9. The summed E-state index contributed by atoms with van der Waals surface area (Å²) in [6, 6.07) is 9.36. The minimum absolute atomic E-state index is 0.178. The van der Waals surface area contributed by atoms with Gasteiger partial charge in [-0.05, 0) is 47.6 Å². The SMILES string of the molecule is COCCn1nc(C#N)c(-c2ccccc2N)c1N(C(=O)OC(C)(C)C)C(C)(C)C. The van der Waals surface area contributed by atoms with Crippen LogP contribution in [0.4, 0.5) is 16.3 Å². The van der Waals surface area contributed by atoms with Crippen LogP contribution < -0.4 is 10.6 Å². The number of ether oxygens (including phenoxy) is 2. The zero-order valence-electron chi connectivity index (χ0n) is 18.8. The fourth-order valence-corrected chi connectivity index (χ4v) is 3.05. The summed E-state index contributed by atoms with van der Waals surface area (Å²) in [7, 11) is 1.58. The van der Waals surface area contributed by atoms with E-state index in [9.17, 15) is 10.1 Å². The van der Waals surface area contributed by atoms with Gasteiger partial charge in [0.25, 0.3) is 0 Å². The minimum atomic E-state index is -0.692. The smallest absolute Gasteiger partial charge is 0.416 e. The Morgan fingerprint density at radius 2 is 1.87 bits per heavy atom. The van der Waals surface area contributed by atoms with Crippen molar-refractivity contribution in [3.05, 3.63) is 30.0 Å². The summed E-state index contributed by atoms with van der Waals surface area (Å²) in [6.45, 7) is 11.8. The van der Waals surface area contributed by atoms with Crippen LogP contribution in [0.3, 0.4) is 0 Å². The van der Waals surface area contributed by atoms with Gasteiger partial charge in [0.05, 0.1) is 18.7 Å². The van der Waals surface area contributed by atoms with E-state index in [2.05, 4.69) is 11.2 Å². The van der Waals surface area contributed by atoms with Crippen LogP contribution in [0, 0.1) is 11.3 Å². The largest absolute Gasteiger partial charge is 0.443 e. The molecule has 162 valence electrons. The van der Waals surface area contributed by atoms with Crippen molar-refractivity contribution in [1.82, 2.24) is 9.78 Å². The number of carbonyl (C=O) groups is 1. The molecule has 8 heteroatoms. The van der Waals surface area contributed by atoms with Crippen molar-refractivity contribution in [2.45, 2.75) is 59.2 Å². The van der Waals surface area contributed by atoms with Crippen molar-refractivity contribution in [2.24, 2.45) is 0 Å². The van der Waals surface area contributed by atoms with E-state index >= 15 is 0 Å². The number of nitriles is 1. The Labute approximate surface area is 178 Å². The molecule has 0 fully saturated rings. The number of para-hydroxylation sites is 1. The number of rotatable bonds is 5. The van der Waals surface area contributed by atoms with E-state index in [1.807, 2.05) is 59.7 Å². The molecule has 0 aliphatic heterocycles. The highest BCUT2D eigenvalue weighted by atomic mass is 16.6. The molecule has 0 saturated heterocycles. The Hall–Kier alpha value is -3.05. The molecule has 0 aliphatic carbocycles. The zero-order valence-corrected chi connectivity index (χ0v) is 18.8. The van der Waals surface area contributed by atoms with E-state index in [-0.39, 0.29) is 5.69 Å². The molecule has 1 amide bonds. The number of nitrogens with two attached hydrogens (primary N) is 1. The molecule has 2 rings (SSSR count). The van der Waals surface area contributed by atoms with Crippen molar-refractivity contribution in [3.8, 4) is 17.2 Å². The number of carbonyl (C=O) groups excluding carboxylic acids is 1. The third kappa shape index (κ3) is 5.10. The number of aromatic nitrogens is 2. The second kappa shape index (κ2) is 8.76. The molecule has 0 spiro atoms. The van der Waals surface area contributed by atoms with E-state index in [4.69, 9.17) is 15.2 Å². The monoisotopic (exact) mass is 413 g/mol.